The molecule has 0 saturated heterocycles. The van der Waals surface area contributed by atoms with Gasteiger partial charge in [-0.1, -0.05) is 27.2 Å². The summed E-state index contributed by atoms with van der Waals surface area (Å²) >= 11 is 0. The minimum Gasteiger partial charge on any atom is -0.313 e. The molecule has 2 unspecified atom stereocenters. The molecule has 2 heteroatoms. The molecule has 2 nitrogen and oxygen atoms in total. The van der Waals surface area contributed by atoms with Crippen LogP contribution in [0, 0.1) is 22.7 Å². The van der Waals surface area contributed by atoms with Crippen molar-refractivity contribution in [1.29, 1.82) is 5.26 Å². The number of nitrogens with zero attached hydrogens (tertiary/aromatic N) is 1. The lowest BCUT2D eigenvalue weighted by molar-refractivity contribution is 0.213. The quantitative estimate of drug-likeness (QED) is 0.603. The van der Waals surface area contributed by atoms with E-state index in [1.54, 1.807) is 0 Å². The van der Waals surface area contributed by atoms with E-state index in [1.165, 1.54) is 6.42 Å². The van der Waals surface area contributed by atoms with Crippen molar-refractivity contribution in [2.75, 3.05) is 0 Å². The number of nitrogens with two attached hydrogens (primary N) is 1. The van der Waals surface area contributed by atoms with E-state index < -0.39 is 5.54 Å². The topological polar surface area (TPSA) is 49.8 Å². The van der Waals surface area contributed by atoms with Crippen LogP contribution in [0.3, 0.4) is 0 Å². The van der Waals surface area contributed by atoms with Gasteiger partial charge in [-0.15, -0.1) is 0 Å². The zero-order valence-corrected chi connectivity index (χ0v) is 9.64. The van der Waals surface area contributed by atoms with Gasteiger partial charge < -0.3 is 5.73 Å². The molecule has 14 heavy (non-hydrogen) atoms. The zero-order chi connectivity index (χ0) is 10.8. The normalized spacial score (nSPS) is 34.6. The van der Waals surface area contributed by atoms with Crippen LogP contribution in [0.5, 0.6) is 0 Å². The summed E-state index contributed by atoms with van der Waals surface area (Å²) < 4.78 is 0. The maximum absolute atomic E-state index is 8.99. The first-order valence-corrected chi connectivity index (χ1v) is 5.57. The van der Waals surface area contributed by atoms with Crippen LogP contribution in [0.1, 0.15) is 52.9 Å². The Morgan fingerprint density at radius 1 is 1.29 bits per heavy atom. The summed E-state index contributed by atoms with van der Waals surface area (Å²) in [5.41, 5.74) is 5.82. The lowest BCUT2D eigenvalue weighted by atomic mass is 9.76. The second-order valence-electron chi connectivity index (χ2n) is 5.76. The lowest BCUT2D eigenvalue weighted by Gasteiger charge is -2.30. The van der Waals surface area contributed by atoms with Crippen molar-refractivity contribution in [2.45, 2.75) is 58.4 Å². The van der Waals surface area contributed by atoms with Gasteiger partial charge in [0.05, 0.1) is 6.07 Å². The molecular weight excluding hydrogens is 172 g/mol. The van der Waals surface area contributed by atoms with Crippen LogP contribution in [-0.2, 0) is 0 Å². The van der Waals surface area contributed by atoms with Gasteiger partial charge in [0.15, 0.2) is 0 Å². The van der Waals surface area contributed by atoms with Gasteiger partial charge in [0.25, 0.3) is 0 Å². The van der Waals surface area contributed by atoms with E-state index in [2.05, 4.69) is 26.8 Å². The monoisotopic (exact) mass is 194 g/mol. The SMILES string of the molecule is CC(C)(C)C1CCCC(N)(C#N)CC1. The molecule has 80 valence electrons. The first kappa shape index (κ1) is 11.5. The summed E-state index contributed by atoms with van der Waals surface area (Å²) in [4.78, 5) is 0. The highest BCUT2D eigenvalue weighted by Gasteiger charge is 2.33. The molecule has 1 rings (SSSR count). The van der Waals surface area contributed by atoms with Crippen LogP contribution in [0.25, 0.3) is 0 Å². The molecule has 0 amide bonds. The molecule has 0 spiro atoms. The van der Waals surface area contributed by atoms with Crippen molar-refractivity contribution in [1.82, 2.24) is 0 Å². The minimum atomic E-state index is -0.542. The summed E-state index contributed by atoms with van der Waals surface area (Å²) in [6.45, 7) is 6.86. The fourth-order valence-corrected chi connectivity index (χ4v) is 2.34. The van der Waals surface area contributed by atoms with Crippen molar-refractivity contribution in [3.63, 3.8) is 0 Å². The smallest absolute Gasteiger partial charge is 0.104 e. The molecule has 2 N–H and O–H groups in total. The second-order valence-corrected chi connectivity index (χ2v) is 5.76. The molecule has 1 aliphatic rings. The van der Waals surface area contributed by atoms with Crippen LogP contribution in [0.2, 0.25) is 0 Å². The third-order valence-corrected chi connectivity index (χ3v) is 3.56. The zero-order valence-electron chi connectivity index (χ0n) is 9.64. The van der Waals surface area contributed by atoms with Crippen LogP contribution in [0.4, 0.5) is 0 Å². The predicted molar refractivity (Wildman–Crippen MR) is 58.6 cm³/mol. The Labute approximate surface area is 87.5 Å². The second kappa shape index (κ2) is 3.90. The molecular formula is C12H22N2. The summed E-state index contributed by atoms with van der Waals surface area (Å²) in [7, 11) is 0. The van der Waals surface area contributed by atoms with Gasteiger partial charge in [-0.25, -0.2) is 0 Å². The van der Waals surface area contributed by atoms with E-state index in [-0.39, 0.29) is 0 Å². The molecule has 1 aliphatic carbocycles. The largest absolute Gasteiger partial charge is 0.313 e. The summed E-state index contributed by atoms with van der Waals surface area (Å²) in [5.74, 6) is 0.723. The van der Waals surface area contributed by atoms with E-state index in [0.717, 1.165) is 31.6 Å². The van der Waals surface area contributed by atoms with Crippen LogP contribution in [-0.4, -0.2) is 5.54 Å². The number of hydrogen-bond donors (Lipinski definition) is 1. The Hall–Kier alpha value is -0.550. The van der Waals surface area contributed by atoms with Gasteiger partial charge in [-0.2, -0.15) is 5.26 Å². The predicted octanol–water partition coefficient (Wildman–Crippen LogP) is 2.83. The highest BCUT2D eigenvalue weighted by Crippen LogP contribution is 2.38. The highest BCUT2D eigenvalue weighted by molar-refractivity contribution is 5.06. The third-order valence-electron chi connectivity index (χ3n) is 3.56. The highest BCUT2D eigenvalue weighted by atomic mass is 14.7. The molecule has 0 aromatic rings. The van der Waals surface area contributed by atoms with E-state index in [9.17, 15) is 0 Å². The van der Waals surface area contributed by atoms with Crippen molar-refractivity contribution >= 4 is 0 Å². The summed E-state index contributed by atoms with van der Waals surface area (Å²) in [6.07, 6.45) is 5.17. The van der Waals surface area contributed by atoms with Crippen molar-refractivity contribution in [3.05, 3.63) is 0 Å². The van der Waals surface area contributed by atoms with E-state index >= 15 is 0 Å². The molecule has 0 radical (unpaired) electrons. The molecule has 2 atom stereocenters. The maximum atomic E-state index is 8.99. The Kier molecular flexibility index (Phi) is 3.21. The molecule has 0 aromatic carbocycles. The van der Waals surface area contributed by atoms with Gasteiger partial charge in [0.2, 0.25) is 0 Å². The third kappa shape index (κ3) is 2.72. The Bertz CT molecular complexity index is 234. The van der Waals surface area contributed by atoms with Gasteiger partial charge in [-0.05, 0) is 37.0 Å². The van der Waals surface area contributed by atoms with E-state index in [1.807, 2.05) is 0 Å². The van der Waals surface area contributed by atoms with E-state index in [0.29, 0.717) is 5.41 Å². The average molecular weight is 194 g/mol. The lowest BCUT2D eigenvalue weighted by Crippen LogP contribution is -2.37. The standard InChI is InChI=1S/C12H22N2/c1-11(2,3)10-5-4-7-12(14,9-13)8-6-10/h10H,4-8,14H2,1-3H3. The number of hydrogen-bond acceptors (Lipinski definition) is 2. The van der Waals surface area contributed by atoms with Crippen LogP contribution < -0.4 is 5.73 Å². The fraction of sp³-hybridized carbons (Fsp3) is 0.917. The summed E-state index contributed by atoms with van der Waals surface area (Å²) in [5, 5.41) is 8.99. The number of rotatable bonds is 0. The van der Waals surface area contributed by atoms with Crippen molar-refractivity contribution in [2.24, 2.45) is 17.1 Å². The van der Waals surface area contributed by atoms with E-state index in [4.69, 9.17) is 11.0 Å². The summed E-state index contributed by atoms with van der Waals surface area (Å²) in [6, 6.07) is 2.27. The Balaban J connectivity index is 2.63. The number of nitriles is 1. The van der Waals surface area contributed by atoms with Crippen molar-refractivity contribution < 1.29 is 0 Å². The van der Waals surface area contributed by atoms with Crippen LogP contribution >= 0.6 is 0 Å². The van der Waals surface area contributed by atoms with Gasteiger partial charge in [-0.3, -0.25) is 0 Å². The maximum Gasteiger partial charge on any atom is 0.104 e. The molecule has 1 fully saturated rings. The van der Waals surface area contributed by atoms with Gasteiger partial charge in [0.1, 0.15) is 5.54 Å². The molecule has 1 saturated carbocycles. The molecule has 0 aliphatic heterocycles. The Morgan fingerprint density at radius 3 is 2.43 bits per heavy atom. The first-order valence-electron chi connectivity index (χ1n) is 5.57. The molecule has 0 aromatic heterocycles. The molecule has 0 heterocycles. The minimum absolute atomic E-state index is 0.362. The van der Waals surface area contributed by atoms with Gasteiger partial charge in [0, 0.05) is 0 Å². The molecule has 0 bridgehead atoms. The fourth-order valence-electron chi connectivity index (χ4n) is 2.34. The van der Waals surface area contributed by atoms with Gasteiger partial charge >= 0.3 is 0 Å². The average Bonchev–Trinajstić information content (AvgIpc) is 2.27. The van der Waals surface area contributed by atoms with Crippen LogP contribution in [0.15, 0.2) is 0 Å². The first-order chi connectivity index (χ1) is 6.37. The Morgan fingerprint density at radius 2 is 1.93 bits per heavy atom. The van der Waals surface area contributed by atoms with Crippen molar-refractivity contribution in [3.8, 4) is 6.07 Å².